The molecule has 0 N–H and O–H groups in total. The lowest BCUT2D eigenvalue weighted by molar-refractivity contribution is -0.966. The van der Waals surface area contributed by atoms with Crippen molar-refractivity contribution in [3.05, 3.63) is 0 Å². The zero-order valence-corrected chi connectivity index (χ0v) is 15.7. The van der Waals surface area contributed by atoms with Crippen LogP contribution in [0.3, 0.4) is 0 Å². The van der Waals surface area contributed by atoms with Crippen LogP contribution < -0.4 is 34.0 Å². The molecule has 3 nitrogen and oxygen atoms in total. The molecule has 0 bridgehead atoms. The summed E-state index contributed by atoms with van der Waals surface area (Å²) in [5, 5.41) is 0. The molecule has 0 radical (unpaired) electrons. The maximum atomic E-state index is 5.48. The zero-order valence-electron chi connectivity index (χ0n) is 12.5. The van der Waals surface area contributed by atoms with Crippen molar-refractivity contribution in [2.24, 2.45) is 0 Å². The van der Waals surface area contributed by atoms with Crippen LogP contribution in [-0.4, -0.2) is 75.5 Å². The number of likely N-dealkylation sites (N-methyl/N-ethyl adjacent to an activating group) is 2. The van der Waals surface area contributed by atoms with E-state index in [-0.39, 0.29) is 34.0 Å². The van der Waals surface area contributed by atoms with Gasteiger partial charge in [-0.2, -0.15) is 0 Å². The number of rotatable bonds is 3. The van der Waals surface area contributed by atoms with Crippen molar-refractivity contribution >= 4 is 0 Å². The van der Waals surface area contributed by atoms with Gasteiger partial charge >= 0.3 is 0 Å². The Kier molecular flexibility index (Phi) is 9.38. The Balaban J connectivity index is 0.00000162. The first kappa shape index (κ1) is 19.8. The summed E-state index contributed by atoms with van der Waals surface area (Å²) in [4.78, 5) is 0. The first-order valence-electron chi connectivity index (χ1n) is 7.37. The predicted octanol–water partition coefficient (Wildman–Crippen LogP) is -4.51. The van der Waals surface area contributed by atoms with Crippen LogP contribution in [0.25, 0.3) is 0 Å². The van der Waals surface area contributed by atoms with Gasteiger partial charge in [0.2, 0.25) is 0 Å². The average molecular weight is 402 g/mol. The highest BCUT2D eigenvalue weighted by Gasteiger charge is 2.30. The van der Waals surface area contributed by atoms with Crippen molar-refractivity contribution in [1.82, 2.24) is 0 Å². The molecule has 0 aromatic heterocycles. The fourth-order valence-electron chi connectivity index (χ4n) is 3.17. The summed E-state index contributed by atoms with van der Waals surface area (Å²) >= 11 is 0. The number of halogens is 2. The number of nitrogens with zero attached hydrogens (tertiary/aromatic N) is 2. The fourth-order valence-corrected chi connectivity index (χ4v) is 3.17. The third-order valence-electron chi connectivity index (χ3n) is 4.88. The van der Waals surface area contributed by atoms with Crippen molar-refractivity contribution in [2.75, 3.05) is 66.6 Å². The smallest absolute Gasteiger partial charge is 0.128 e. The molecule has 2 fully saturated rings. The van der Waals surface area contributed by atoms with E-state index in [1.807, 2.05) is 0 Å². The average Bonchev–Trinajstić information content (AvgIpc) is 2.54. The maximum Gasteiger partial charge on any atom is 0.128 e. The van der Waals surface area contributed by atoms with E-state index >= 15 is 0 Å². The number of likely N-dealkylation sites (tertiary alicyclic amines) is 1. The molecule has 0 spiro atoms. The molecule has 2 heterocycles. The summed E-state index contributed by atoms with van der Waals surface area (Å²) in [6.45, 7) is 9.82. The van der Waals surface area contributed by atoms with E-state index < -0.39 is 0 Å². The van der Waals surface area contributed by atoms with Crippen molar-refractivity contribution < 1.29 is 47.7 Å². The first-order valence-corrected chi connectivity index (χ1v) is 7.37. The Morgan fingerprint density at radius 2 is 1.11 bits per heavy atom. The third-order valence-corrected chi connectivity index (χ3v) is 4.88. The summed E-state index contributed by atoms with van der Waals surface area (Å²) in [5.74, 6) is 0. The lowest BCUT2D eigenvalue weighted by Gasteiger charge is -2.41. The Morgan fingerprint density at radius 1 is 0.684 bits per heavy atom. The minimum atomic E-state index is 0. The highest BCUT2D eigenvalue weighted by Crippen LogP contribution is 2.17. The number of hydrogen-bond donors (Lipinski definition) is 0. The van der Waals surface area contributed by atoms with Gasteiger partial charge in [0.1, 0.15) is 26.2 Å². The number of ether oxygens (including phenoxy) is 1. The Hall–Kier alpha value is 0.840. The number of hydrogen-bond acceptors (Lipinski definition) is 1. The molecule has 19 heavy (non-hydrogen) atoms. The molecule has 0 aromatic carbocycles. The van der Waals surface area contributed by atoms with E-state index in [0.29, 0.717) is 0 Å². The minimum absolute atomic E-state index is 0. The Morgan fingerprint density at radius 3 is 1.58 bits per heavy atom. The van der Waals surface area contributed by atoms with Crippen LogP contribution in [0.15, 0.2) is 0 Å². The van der Waals surface area contributed by atoms with Crippen molar-refractivity contribution in [3.63, 3.8) is 0 Å². The van der Waals surface area contributed by atoms with Crippen LogP contribution in [0, 0.1) is 0 Å². The first-order chi connectivity index (χ1) is 8.12. The van der Waals surface area contributed by atoms with Gasteiger partial charge in [-0.1, -0.05) is 0 Å². The van der Waals surface area contributed by atoms with Gasteiger partial charge in [0.05, 0.1) is 40.4 Å². The summed E-state index contributed by atoms with van der Waals surface area (Å²) < 4.78 is 8.03. The molecule has 0 saturated carbocycles. The SMILES string of the molecule is C[N+]1(CC[N+]2(C)CCOCC2)CCCCCC1.[Br-].[Br-]. The van der Waals surface area contributed by atoms with E-state index in [1.54, 1.807) is 0 Å². The van der Waals surface area contributed by atoms with Gasteiger partial charge in [0, 0.05) is 0 Å². The standard InChI is InChI=1S/C14H30N2O.2BrH/c1-15(7-5-3-4-6-8-15)9-10-16(2)11-13-17-14-12-16;;/h3-14H2,1-2H3;2*1H/q+2;;/p-2. The lowest BCUT2D eigenvalue weighted by atomic mass is 10.2. The Bertz CT molecular complexity index is 238. The molecule has 0 aliphatic carbocycles. The van der Waals surface area contributed by atoms with Gasteiger partial charge in [0.15, 0.2) is 0 Å². The second-order valence-corrected chi connectivity index (χ2v) is 6.61. The number of morpholine rings is 1. The molecule has 116 valence electrons. The van der Waals surface area contributed by atoms with E-state index in [9.17, 15) is 0 Å². The van der Waals surface area contributed by atoms with Crippen LogP contribution in [-0.2, 0) is 4.74 Å². The molecular weight excluding hydrogens is 372 g/mol. The highest BCUT2D eigenvalue weighted by molar-refractivity contribution is 4.53. The van der Waals surface area contributed by atoms with Crippen molar-refractivity contribution in [1.29, 1.82) is 0 Å². The van der Waals surface area contributed by atoms with Gasteiger partial charge in [-0.05, 0) is 25.7 Å². The third kappa shape index (κ3) is 6.42. The molecule has 2 saturated heterocycles. The van der Waals surface area contributed by atoms with Crippen molar-refractivity contribution in [2.45, 2.75) is 25.7 Å². The van der Waals surface area contributed by atoms with Crippen LogP contribution in [0.2, 0.25) is 0 Å². The number of quaternary nitrogens is 2. The molecule has 2 aliphatic heterocycles. The highest BCUT2D eigenvalue weighted by atomic mass is 79.9. The van der Waals surface area contributed by atoms with E-state index in [1.165, 1.54) is 73.9 Å². The fraction of sp³-hybridized carbons (Fsp3) is 1.00. The zero-order chi connectivity index (χ0) is 12.2. The van der Waals surface area contributed by atoms with Crippen molar-refractivity contribution in [3.8, 4) is 0 Å². The molecule has 2 aliphatic rings. The van der Waals surface area contributed by atoms with Gasteiger partial charge < -0.3 is 47.7 Å². The summed E-state index contributed by atoms with van der Waals surface area (Å²) in [6, 6.07) is 0. The summed E-state index contributed by atoms with van der Waals surface area (Å²) in [7, 11) is 4.88. The molecule has 0 amide bonds. The topological polar surface area (TPSA) is 9.23 Å². The van der Waals surface area contributed by atoms with Crippen LogP contribution >= 0.6 is 0 Å². The van der Waals surface area contributed by atoms with Gasteiger partial charge in [-0.25, -0.2) is 0 Å². The van der Waals surface area contributed by atoms with E-state index in [4.69, 9.17) is 4.74 Å². The second kappa shape index (κ2) is 8.98. The van der Waals surface area contributed by atoms with Crippen LogP contribution in [0.1, 0.15) is 25.7 Å². The quantitative estimate of drug-likeness (QED) is 0.433. The van der Waals surface area contributed by atoms with Gasteiger partial charge in [-0.3, -0.25) is 0 Å². The molecule has 0 atom stereocenters. The van der Waals surface area contributed by atoms with Crippen LogP contribution in [0.4, 0.5) is 0 Å². The minimum Gasteiger partial charge on any atom is -1.00 e. The lowest BCUT2D eigenvalue weighted by Crippen LogP contribution is -3.00. The maximum absolute atomic E-state index is 5.48. The van der Waals surface area contributed by atoms with Gasteiger partial charge in [0.25, 0.3) is 0 Å². The normalized spacial score (nSPS) is 25.6. The molecule has 0 unspecified atom stereocenters. The Labute approximate surface area is 140 Å². The summed E-state index contributed by atoms with van der Waals surface area (Å²) in [5.41, 5.74) is 0. The monoisotopic (exact) mass is 400 g/mol. The molecular formula is C14H30Br2N2O. The van der Waals surface area contributed by atoms with Crippen LogP contribution in [0.5, 0.6) is 0 Å². The van der Waals surface area contributed by atoms with Gasteiger partial charge in [-0.15, -0.1) is 0 Å². The molecule has 5 heteroatoms. The molecule has 0 aromatic rings. The van der Waals surface area contributed by atoms with E-state index in [2.05, 4.69) is 14.1 Å². The predicted molar refractivity (Wildman–Crippen MR) is 70.9 cm³/mol. The van der Waals surface area contributed by atoms with E-state index in [0.717, 1.165) is 13.2 Å². The largest absolute Gasteiger partial charge is 1.00 e. The molecule has 2 rings (SSSR count). The summed E-state index contributed by atoms with van der Waals surface area (Å²) in [6.07, 6.45) is 5.77. The second-order valence-electron chi connectivity index (χ2n) is 6.61.